The molecule has 2 N–H and O–H groups in total. The molecule has 8 heteroatoms. The minimum Gasteiger partial charge on any atom is -0.462 e. The number of ether oxygens (including phenoxy) is 3. The summed E-state index contributed by atoms with van der Waals surface area (Å²) in [6.45, 7) is 4.90. The van der Waals surface area contributed by atoms with E-state index in [9.17, 15) is 9.59 Å². The van der Waals surface area contributed by atoms with E-state index in [2.05, 4.69) is 45.9 Å². The van der Waals surface area contributed by atoms with Gasteiger partial charge in [0.05, 0.1) is 17.9 Å². The van der Waals surface area contributed by atoms with Crippen LogP contribution >= 0.6 is 0 Å². The molecule has 1 fully saturated rings. The molecule has 38 heavy (non-hydrogen) atoms. The molecular weight excluding hydrogens is 482 g/mol. The number of amides is 2. The summed E-state index contributed by atoms with van der Waals surface area (Å²) in [5, 5.41) is 5.78. The van der Waals surface area contributed by atoms with Crippen molar-refractivity contribution in [2.45, 2.75) is 32.7 Å². The Bertz CT molecular complexity index is 1270. The fourth-order valence-corrected chi connectivity index (χ4v) is 4.99. The van der Waals surface area contributed by atoms with Crippen molar-refractivity contribution in [3.63, 3.8) is 0 Å². The van der Waals surface area contributed by atoms with E-state index in [-0.39, 0.29) is 13.4 Å². The van der Waals surface area contributed by atoms with Gasteiger partial charge in [0.1, 0.15) is 0 Å². The molecule has 0 atom stereocenters. The molecule has 0 saturated carbocycles. The molecule has 2 amide bonds. The van der Waals surface area contributed by atoms with Gasteiger partial charge in [-0.3, -0.25) is 4.90 Å². The highest BCUT2D eigenvalue weighted by atomic mass is 16.7. The number of nitrogens with one attached hydrogen (secondary N) is 2. The number of hydrogen-bond acceptors (Lipinski definition) is 6. The van der Waals surface area contributed by atoms with Crippen molar-refractivity contribution >= 4 is 23.4 Å². The number of benzene rings is 3. The first-order valence-corrected chi connectivity index (χ1v) is 13.1. The third-order valence-corrected chi connectivity index (χ3v) is 6.95. The Kier molecular flexibility index (Phi) is 8.09. The average Bonchev–Trinajstić information content (AvgIpc) is 3.38. The van der Waals surface area contributed by atoms with Gasteiger partial charge in [0.25, 0.3) is 0 Å². The lowest BCUT2D eigenvalue weighted by Gasteiger charge is -2.32. The summed E-state index contributed by atoms with van der Waals surface area (Å²) in [4.78, 5) is 27.4. The van der Waals surface area contributed by atoms with Crippen LogP contribution < -0.4 is 20.1 Å². The Morgan fingerprint density at radius 2 is 1.71 bits per heavy atom. The van der Waals surface area contributed by atoms with Gasteiger partial charge in [-0.1, -0.05) is 36.4 Å². The maximum absolute atomic E-state index is 12.9. The quantitative estimate of drug-likeness (QED) is 0.375. The molecule has 5 rings (SSSR count). The highest BCUT2D eigenvalue weighted by Crippen LogP contribution is 2.38. The summed E-state index contributed by atoms with van der Waals surface area (Å²) in [7, 11) is 0. The Morgan fingerprint density at radius 1 is 0.947 bits per heavy atom. The van der Waals surface area contributed by atoms with Crippen LogP contribution in [-0.4, -0.2) is 43.4 Å². The van der Waals surface area contributed by atoms with Crippen LogP contribution in [0.15, 0.2) is 66.7 Å². The number of likely N-dealkylation sites (tertiary alicyclic amines) is 1. The molecule has 3 aromatic carbocycles. The Balaban J connectivity index is 1.23. The highest BCUT2D eigenvalue weighted by molar-refractivity contribution is 6.01. The van der Waals surface area contributed by atoms with Crippen molar-refractivity contribution in [3.05, 3.63) is 83.4 Å². The molecule has 198 valence electrons. The van der Waals surface area contributed by atoms with Crippen molar-refractivity contribution in [2.24, 2.45) is 5.92 Å². The van der Waals surface area contributed by atoms with Crippen LogP contribution in [0.25, 0.3) is 0 Å². The van der Waals surface area contributed by atoms with E-state index in [0.717, 1.165) is 37.9 Å². The largest absolute Gasteiger partial charge is 0.462 e. The summed E-state index contributed by atoms with van der Waals surface area (Å²) >= 11 is 0. The van der Waals surface area contributed by atoms with E-state index < -0.39 is 12.0 Å². The molecule has 2 aliphatic heterocycles. The van der Waals surface area contributed by atoms with Crippen molar-refractivity contribution in [3.8, 4) is 11.5 Å². The molecule has 0 spiro atoms. The van der Waals surface area contributed by atoms with Crippen LogP contribution in [0.5, 0.6) is 11.5 Å². The number of nitrogens with zero attached hydrogens (tertiary/aromatic N) is 1. The second kappa shape index (κ2) is 12.0. The Hall–Kier alpha value is -4.04. The second-order valence-corrected chi connectivity index (χ2v) is 9.65. The lowest BCUT2D eigenvalue weighted by atomic mass is 9.90. The molecule has 8 nitrogen and oxygen atoms in total. The first-order chi connectivity index (χ1) is 18.6. The summed E-state index contributed by atoms with van der Waals surface area (Å²) < 4.78 is 16.2. The lowest BCUT2D eigenvalue weighted by Crippen LogP contribution is -2.34. The van der Waals surface area contributed by atoms with Crippen molar-refractivity contribution in [1.82, 2.24) is 4.90 Å². The number of fused-ring (bicyclic) bond motifs is 1. The molecule has 2 aliphatic rings. The van der Waals surface area contributed by atoms with Crippen LogP contribution in [0.4, 0.5) is 16.2 Å². The fraction of sp³-hybridized carbons (Fsp3) is 0.333. The lowest BCUT2D eigenvalue weighted by molar-refractivity contribution is 0.0526. The third kappa shape index (κ3) is 6.44. The minimum atomic E-state index is -0.429. The number of rotatable bonds is 8. The molecule has 2 heterocycles. The molecule has 1 saturated heterocycles. The van der Waals surface area contributed by atoms with Gasteiger partial charge in [-0.2, -0.15) is 0 Å². The molecular formula is C30H33N3O5. The van der Waals surface area contributed by atoms with E-state index in [1.807, 2.05) is 12.1 Å². The third-order valence-electron chi connectivity index (χ3n) is 6.95. The number of anilines is 2. The number of piperidine rings is 1. The van der Waals surface area contributed by atoms with Crippen LogP contribution in [-0.2, 0) is 17.7 Å². The fourth-order valence-electron chi connectivity index (χ4n) is 4.99. The van der Waals surface area contributed by atoms with E-state index in [4.69, 9.17) is 14.2 Å². The van der Waals surface area contributed by atoms with Gasteiger partial charge in [0, 0.05) is 18.3 Å². The predicted octanol–water partition coefficient (Wildman–Crippen LogP) is 5.69. The van der Waals surface area contributed by atoms with Crippen LogP contribution in [0.3, 0.4) is 0 Å². The first-order valence-electron chi connectivity index (χ1n) is 13.1. The zero-order valence-corrected chi connectivity index (χ0v) is 21.6. The van der Waals surface area contributed by atoms with E-state index in [1.165, 1.54) is 5.56 Å². The zero-order valence-electron chi connectivity index (χ0n) is 21.6. The topological polar surface area (TPSA) is 89.1 Å². The second-order valence-electron chi connectivity index (χ2n) is 9.65. The summed E-state index contributed by atoms with van der Waals surface area (Å²) in [6, 6.07) is 20.7. The van der Waals surface area contributed by atoms with Gasteiger partial charge in [0.2, 0.25) is 6.79 Å². The van der Waals surface area contributed by atoms with Crippen LogP contribution in [0.1, 0.15) is 41.3 Å². The standard InChI is InChI=1S/C30H33N3O5/c1-2-36-29(34)23-9-6-10-25(16-23)31-30(35)32-26-18-28-27(37-20-38-28)17-24(26)19-33-13-11-22(12-14-33)15-21-7-4-3-5-8-21/h3-10,16-18,22H,2,11-15,19-20H2,1H3,(H2,31,32,35). The Morgan fingerprint density at radius 3 is 2.47 bits per heavy atom. The maximum Gasteiger partial charge on any atom is 0.338 e. The van der Waals surface area contributed by atoms with Gasteiger partial charge < -0.3 is 24.8 Å². The Labute approximate surface area is 222 Å². The van der Waals surface area contributed by atoms with E-state index in [0.29, 0.717) is 40.9 Å². The monoisotopic (exact) mass is 515 g/mol. The molecule has 0 radical (unpaired) electrons. The zero-order chi connectivity index (χ0) is 26.3. The summed E-state index contributed by atoms with van der Waals surface area (Å²) in [6.07, 6.45) is 3.39. The van der Waals surface area contributed by atoms with Crippen LogP contribution in [0, 0.1) is 5.92 Å². The number of carbonyl (C=O) groups is 2. The minimum absolute atomic E-state index is 0.163. The van der Waals surface area contributed by atoms with Crippen molar-refractivity contribution < 1.29 is 23.8 Å². The van der Waals surface area contributed by atoms with Gasteiger partial charge >= 0.3 is 12.0 Å². The highest BCUT2D eigenvalue weighted by Gasteiger charge is 2.23. The molecule has 0 bridgehead atoms. The van der Waals surface area contributed by atoms with Crippen molar-refractivity contribution in [1.29, 1.82) is 0 Å². The van der Waals surface area contributed by atoms with Crippen molar-refractivity contribution in [2.75, 3.05) is 37.1 Å². The molecule has 0 unspecified atom stereocenters. The SMILES string of the molecule is CCOC(=O)c1cccc(NC(=O)Nc2cc3c(cc2CN2CCC(Cc4ccccc4)CC2)OCO3)c1. The van der Waals surface area contributed by atoms with Gasteiger partial charge in [0.15, 0.2) is 11.5 Å². The van der Waals surface area contributed by atoms with Gasteiger partial charge in [-0.05, 0) is 80.6 Å². The maximum atomic E-state index is 12.9. The number of urea groups is 1. The molecule has 0 aromatic heterocycles. The molecule has 0 aliphatic carbocycles. The number of carbonyl (C=O) groups excluding carboxylic acids is 2. The number of esters is 1. The van der Waals surface area contributed by atoms with Gasteiger partial charge in [-0.25, -0.2) is 9.59 Å². The predicted molar refractivity (Wildman–Crippen MR) is 146 cm³/mol. The summed E-state index contributed by atoms with van der Waals surface area (Å²) in [5.74, 6) is 1.54. The molecule has 3 aromatic rings. The van der Waals surface area contributed by atoms with Crippen LogP contribution in [0.2, 0.25) is 0 Å². The smallest absolute Gasteiger partial charge is 0.338 e. The average molecular weight is 516 g/mol. The first kappa shape index (κ1) is 25.6. The normalized spacial score (nSPS) is 15.2. The van der Waals surface area contributed by atoms with Gasteiger partial charge in [-0.15, -0.1) is 0 Å². The number of hydrogen-bond donors (Lipinski definition) is 2. The summed E-state index contributed by atoms with van der Waals surface area (Å²) in [5.41, 5.74) is 3.90. The van der Waals surface area contributed by atoms with E-state index in [1.54, 1.807) is 31.2 Å². The van der Waals surface area contributed by atoms with E-state index >= 15 is 0 Å².